The zero-order valence-corrected chi connectivity index (χ0v) is 24.0. The molecular weight excluding hydrogens is 496 g/mol. The van der Waals surface area contributed by atoms with E-state index in [0.717, 1.165) is 36.8 Å². The van der Waals surface area contributed by atoms with Crippen LogP contribution in [-0.4, -0.2) is 62.6 Å². The van der Waals surface area contributed by atoms with E-state index in [1.54, 1.807) is 6.92 Å². The van der Waals surface area contributed by atoms with Gasteiger partial charge in [0.2, 0.25) is 0 Å². The third-order valence-corrected chi connectivity index (χ3v) is 9.40. The fourth-order valence-corrected chi connectivity index (χ4v) is 7.46. The minimum absolute atomic E-state index is 0.110. The summed E-state index contributed by atoms with van der Waals surface area (Å²) in [6, 6.07) is 6.63. The van der Waals surface area contributed by atoms with Crippen molar-refractivity contribution in [3.63, 3.8) is 0 Å². The van der Waals surface area contributed by atoms with Gasteiger partial charge in [-0.15, -0.1) is 0 Å². The molecule has 0 saturated heterocycles. The number of esters is 1. The molecule has 1 aromatic carbocycles. The average Bonchev–Trinajstić information content (AvgIpc) is 3.27. The van der Waals surface area contributed by atoms with Crippen LogP contribution in [0.2, 0.25) is 0 Å². The summed E-state index contributed by atoms with van der Waals surface area (Å²) in [6.07, 6.45) is 9.82. The first kappa shape index (κ1) is 30.0. The van der Waals surface area contributed by atoms with Crippen LogP contribution >= 0.6 is 0 Å². The zero-order valence-electron chi connectivity index (χ0n) is 24.0. The third kappa shape index (κ3) is 7.62. The maximum absolute atomic E-state index is 11.9. The Labute approximate surface area is 233 Å². The summed E-state index contributed by atoms with van der Waals surface area (Å²) in [4.78, 5) is 23.3. The number of carbonyl (C=O) groups excluding carboxylic acids is 2. The Balaban J connectivity index is 1.17. The van der Waals surface area contributed by atoms with Crippen molar-refractivity contribution >= 4 is 11.8 Å². The molecule has 3 aliphatic carbocycles. The Morgan fingerprint density at radius 2 is 1.87 bits per heavy atom. The van der Waals surface area contributed by atoms with Crippen LogP contribution in [0.5, 0.6) is 5.75 Å². The first-order valence-corrected chi connectivity index (χ1v) is 15.2. The summed E-state index contributed by atoms with van der Waals surface area (Å²) >= 11 is 0. The largest absolute Gasteiger partial charge is 0.491 e. The Morgan fingerprint density at radius 3 is 2.69 bits per heavy atom. The second kappa shape index (κ2) is 14.6. The van der Waals surface area contributed by atoms with E-state index in [1.165, 1.54) is 36.8 Å². The number of benzene rings is 1. The second-order valence-corrected chi connectivity index (χ2v) is 11.7. The van der Waals surface area contributed by atoms with Crippen LogP contribution < -0.4 is 4.74 Å². The highest BCUT2D eigenvalue weighted by Gasteiger charge is 2.55. The quantitative estimate of drug-likeness (QED) is 0.220. The van der Waals surface area contributed by atoms with Crippen molar-refractivity contribution < 1.29 is 33.6 Å². The lowest BCUT2D eigenvalue weighted by molar-refractivity contribution is -0.143. The summed E-state index contributed by atoms with van der Waals surface area (Å²) < 4.78 is 22.7. The fourth-order valence-electron chi connectivity index (χ4n) is 7.46. The predicted octanol–water partition coefficient (Wildman–Crippen LogP) is 5.40. The average molecular weight is 545 g/mol. The van der Waals surface area contributed by atoms with Gasteiger partial charge in [0.05, 0.1) is 25.9 Å². The smallest absolute Gasteiger partial charge is 0.305 e. The van der Waals surface area contributed by atoms with Crippen LogP contribution in [0.1, 0.15) is 95.1 Å². The molecule has 7 heteroatoms. The van der Waals surface area contributed by atoms with Gasteiger partial charge in [-0.2, -0.15) is 0 Å². The van der Waals surface area contributed by atoms with Crippen LogP contribution in [0.4, 0.5) is 0 Å². The highest BCUT2D eigenvalue weighted by atomic mass is 16.5. The molecule has 1 aromatic rings. The topological polar surface area (TPSA) is 91.3 Å². The number of fused-ring (bicyclic) bond motifs is 5. The first-order chi connectivity index (χ1) is 19.0. The van der Waals surface area contributed by atoms with E-state index in [0.29, 0.717) is 64.3 Å². The Bertz CT molecular complexity index is 946. The maximum atomic E-state index is 11.9. The molecule has 1 N–H and O–H groups in total. The minimum Gasteiger partial charge on any atom is -0.491 e. The van der Waals surface area contributed by atoms with Crippen LogP contribution in [-0.2, 0) is 30.2 Å². The number of ketones is 1. The van der Waals surface area contributed by atoms with Crippen LogP contribution in [0.15, 0.2) is 18.2 Å². The first-order valence-electron chi connectivity index (χ1n) is 15.2. The molecule has 0 unspecified atom stereocenters. The second-order valence-electron chi connectivity index (χ2n) is 11.7. The number of aliphatic hydroxyl groups is 1. The van der Waals surface area contributed by atoms with E-state index >= 15 is 0 Å². The molecule has 0 aromatic heterocycles. The van der Waals surface area contributed by atoms with Crippen molar-refractivity contribution in [1.82, 2.24) is 0 Å². The van der Waals surface area contributed by atoms with Crippen molar-refractivity contribution in [3.8, 4) is 5.75 Å². The highest BCUT2D eigenvalue weighted by molar-refractivity contribution is 5.79. The van der Waals surface area contributed by atoms with Gasteiger partial charge in [0.25, 0.3) is 0 Å². The Kier molecular flexibility index (Phi) is 11.2. The van der Waals surface area contributed by atoms with Gasteiger partial charge in [-0.25, -0.2) is 0 Å². The van der Waals surface area contributed by atoms with E-state index in [-0.39, 0.29) is 30.2 Å². The number of carbonyl (C=O) groups is 2. The number of ether oxygens (including phenoxy) is 4. The minimum atomic E-state index is -0.245. The molecule has 0 bridgehead atoms. The Morgan fingerprint density at radius 1 is 1.00 bits per heavy atom. The number of rotatable bonds is 16. The lowest BCUT2D eigenvalue weighted by Gasteiger charge is -2.50. The summed E-state index contributed by atoms with van der Waals surface area (Å²) in [5, 5.41) is 9.14. The normalized spacial score (nSPS) is 27.4. The molecule has 2 saturated carbocycles. The van der Waals surface area contributed by atoms with Gasteiger partial charge in [-0.3, -0.25) is 9.59 Å². The number of hydrogen-bond donors (Lipinski definition) is 1. The highest BCUT2D eigenvalue weighted by Crippen LogP contribution is 2.61. The van der Waals surface area contributed by atoms with E-state index < -0.39 is 0 Å². The van der Waals surface area contributed by atoms with E-state index in [1.807, 2.05) is 0 Å². The standard InChI is InChI=1S/C32H48O7/c1-3-37-31(35)7-4-6-24(34)15-19-36-20-21-38-25-9-11-26-23(22-25)8-10-28-27(26)14-16-32(2)29(28)12-13-30(32)39-18-5-17-33/h9,11,22,27-30,33H,3-8,10,12-21H2,1-2H3/t27-,28-,29+,30+,32+/m1/s1. The molecule has 3 aliphatic rings. The summed E-state index contributed by atoms with van der Waals surface area (Å²) in [5.74, 6) is 2.85. The van der Waals surface area contributed by atoms with Gasteiger partial charge >= 0.3 is 5.97 Å². The van der Waals surface area contributed by atoms with Gasteiger partial charge in [-0.05, 0) is 105 Å². The molecule has 0 radical (unpaired) electrons. The number of Topliss-reactive ketones (excluding diaryl/α,β-unsaturated/α-hetero) is 1. The molecule has 218 valence electrons. The lowest BCUT2D eigenvalue weighted by atomic mass is 9.55. The van der Waals surface area contributed by atoms with Crippen LogP contribution in [0.3, 0.4) is 0 Å². The van der Waals surface area contributed by atoms with Crippen LogP contribution in [0.25, 0.3) is 0 Å². The predicted molar refractivity (Wildman–Crippen MR) is 149 cm³/mol. The number of hydrogen-bond acceptors (Lipinski definition) is 7. The summed E-state index contributed by atoms with van der Waals surface area (Å²) in [6.45, 7) is 6.77. The molecule has 7 nitrogen and oxygen atoms in total. The number of aryl methyl sites for hydroxylation is 1. The van der Waals surface area contributed by atoms with Crippen molar-refractivity contribution in [3.05, 3.63) is 29.3 Å². The number of aliphatic hydroxyl groups excluding tert-OH is 1. The van der Waals surface area contributed by atoms with E-state index in [4.69, 9.17) is 24.1 Å². The molecule has 0 spiro atoms. The molecule has 0 heterocycles. The monoisotopic (exact) mass is 544 g/mol. The van der Waals surface area contributed by atoms with Gasteiger partial charge in [-0.1, -0.05) is 13.0 Å². The van der Waals surface area contributed by atoms with Gasteiger partial charge in [0, 0.05) is 32.5 Å². The van der Waals surface area contributed by atoms with Crippen molar-refractivity contribution in [2.45, 2.75) is 96.5 Å². The SMILES string of the molecule is CCOC(=O)CCCC(=O)CCOCCOc1ccc2c(c1)CC[C@@H]1[C@@H]2CC[C@]2(C)[C@@H](OCCCO)CC[C@@H]12. The molecule has 0 amide bonds. The van der Waals surface area contributed by atoms with Crippen molar-refractivity contribution in [2.75, 3.05) is 39.6 Å². The summed E-state index contributed by atoms with van der Waals surface area (Å²) in [7, 11) is 0. The van der Waals surface area contributed by atoms with E-state index in [2.05, 4.69) is 25.1 Å². The van der Waals surface area contributed by atoms with E-state index in [9.17, 15) is 9.59 Å². The molecule has 39 heavy (non-hydrogen) atoms. The summed E-state index contributed by atoms with van der Waals surface area (Å²) in [5.41, 5.74) is 3.22. The van der Waals surface area contributed by atoms with Crippen molar-refractivity contribution in [1.29, 1.82) is 0 Å². The van der Waals surface area contributed by atoms with Gasteiger partial charge < -0.3 is 24.1 Å². The van der Waals surface area contributed by atoms with Crippen molar-refractivity contribution in [2.24, 2.45) is 17.3 Å². The zero-order chi connectivity index (χ0) is 27.7. The maximum Gasteiger partial charge on any atom is 0.305 e. The molecular formula is C32H48O7. The molecule has 0 aliphatic heterocycles. The Hall–Kier alpha value is -1.96. The molecule has 4 rings (SSSR count). The van der Waals surface area contributed by atoms with Gasteiger partial charge in [0.1, 0.15) is 18.1 Å². The molecule has 2 fully saturated rings. The third-order valence-electron chi connectivity index (χ3n) is 9.40. The fraction of sp³-hybridized carbons (Fsp3) is 0.750. The molecule has 5 atom stereocenters. The van der Waals surface area contributed by atoms with Crippen LogP contribution in [0, 0.1) is 17.3 Å². The lowest BCUT2D eigenvalue weighted by Crippen LogP contribution is -2.44. The van der Waals surface area contributed by atoms with Gasteiger partial charge in [0.15, 0.2) is 0 Å².